The Morgan fingerprint density at radius 1 is 0.909 bits per heavy atom. The van der Waals surface area contributed by atoms with Crippen LogP contribution in [0.3, 0.4) is 0 Å². The van der Waals surface area contributed by atoms with Crippen molar-refractivity contribution in [2.75, 3.05) is 11.4 Å². The largest absolute Gasteiger partial charge is 0.427 e. The van der Waals surface area contributed by atoms with E-state index in [9.17, 15) is 9.59 Å². The number of rotatable bonds is 8. The second-order valence-electron chi connectivity index (χ2n) is 8.45. The predicted molar refractivity (Wildman–Crippen MR) is 130 cm³/mol. The lowest BCUT2D eigenvalue weighted by Crippen LogP contribution is -2.38. The van der Waals surface area contributed by atoms with Gasteiger partial charge in [-0.05, 0) is 42.7 Å². The molecule has 1 fully saturated rings. The van der Waals surface area contributed by atoms with Gasteiger partial charge in [-0.1, -0.05) is 67.4 Å². The van der Waals surface area contributed by atoms with Gasteiger partial charge in [-0.3, -0.25) is 9.59 Å². The Bertz CT molecular complexity index is 1060. The quantitative estimate of drug-likeness (QED) is 0.354. The summed E-state index contributed by atoms with van der Waals surface area (Å²) in [7, 11) is 0. The molecule has 1 N–H and O–H groups in total. The van der Waals surface area contributed by atoms with Crippen molar-refractivity contribution in [1.29, 1.82) is 0 Å². The third kappa shape index (κ3) is 5.80. The lowest BCUT2D eigenvalue weighted by atomic mass is 10.0. The molecule has 1 saturated carbocycles. The molecule has 1 amide bonds. The molecule has 1 atom stereocenters. The number of esters is 1. The number of anilines is 2. The van der Waals surface area contributed by atoms with Crippen molar-refractivity contribution in [2.24, 2.45) is 5.92 Å². The van der Waals surface area contributed by atoms with Crippen LogP contribution in [-0.2, 0) is 9.59 Å². The van der Waals surface area contributed by atoms with Crippen LogP contribution in [0.4, 0.5) is 11.4 Å². The van der Waals surface area contributed by atoms with Crippen LogP contribution in [0, 0.1) is 5.92 Å². The smallest absolute Gasteiger partial charge is 0.308 e. The lowest BCUT2D eigenvalue weighted by molar-refractivity contribution is -0.132. The maximum absolute atomic E-state index is 12.9. The summed E-state index contributed by atoms with van der Waals surface area (Å²) < 4.78 is 5.36. The molecule has 4 rings (SSSR count). The fourth-order valence-corrected chi connectivity index (χ4v) is 4.52. The number of carbonyl (C=O) groups is 2. The average Bonchev–Trinajstić information content (AvgIpc) is 3.38. The third-order valence-electron chi connectivity index (χ3n) is 6.08. The van der Waals surface area contributed by atoms with E-state index >= 15 is 0 Å². The van der Waals surface area contributed by atoms with Crippen LogP contribution in [0.2, 0.25) is 0 Å². The zero-order valence-corrected chi connectivity index (χ0v) is 18.9. The fourth-order valence-electron chi connectivity index (χ4n) is 4.52. The van der Waals surface area contributed by atoms with Gasteiger partial charge < -0.3 is 15.0 Å². The molecule has 0 spiro atoms. The van der Waals surface area contributed by atoms with Gasteiger partial charge in [-0.25, -0.2) is 0 Å². The Labute approximate surface area is 195 Å². The number of hydrogen-bond acceptors (Lipinski definition) is 4. The number of nitrogens with one attached hydrogen (secondary N) is 1. The predicted octanol–water partition coefficient (Wildman–Crippen LogP) is 5.80. The van der Waals surface area contributed by atoms with Crippen molar-refractivity contribution in [3.05, 3.63) is 90.5 Å². The Kier molecular flexibility index (Phi) is 7.40. The molecule has 33 heavy (non-hydrogen) atoms. The lowest BCUT2D eigenvalue weighted by Gasteiger charge is -2.35. The minimum atomic E-state index is -0.359. The minimum absolute atomic E-state index is 0.110. The first kappa shape index (κ1) is 22.6. The Morgan fingerprint density at radius 2 is 1.55 bits per heavy atom. The molecule has 1 unspecified atom stereocenters. The summed E-state index contributed by atoms with van der Waals surface area (Å²) in [5.74, 6) is 0.374. The molecule has 0 radical (unpaired) electrons. The summed E-state index contributed by atoms with van der Waals surface area (Å²) in [6, 6.07) is 27.6. The fraction of sp³-hybridized carbons (Fsp3) is 0.286. The number of ether oxygens (including phenoxy) is 1. The van der Waals surface area contributed by atoms with Crippen molar-refractivity contribution in [2.45, 2.75) is 38.6 Å². The van der Waals surface area contributed by atoms with Gasteiger partial charge in [-0.15, -0.1) is 0 Å². The highest BCUT2D eigenvalue weighted by molar-refractivity contribution is 5.79. The van der Waals surface area contributed by atoms with Gasteiger partial charge in [0.15, 0.2) is 0 Å². The van der Waals surface area contributed by atoms with Gasteiger partial charge in [0.25, 0.3) is 0 Å². The van der Waals surface area contributed by atoms with Gasteiger partial charge in [-0.2, -0.15) is 0 Å². The molecule has 1 aliphatic rings. The van der Waals surface area contributed by atoms with E-state index in [1.807, 2.05) is 66.7 Å². The van der Waals surface area contributed by atoms with E-state index in [0.717, 1.165) is 42.6 Å². The maximum Gasteiger partial charge on any atom is 0.308 e. The molecule has 5 nitrogen and oxygen atoms in total. The van der Waals surface area contributed by atoms with Gasteiger partial charge in [0, 0.05) is 36.8 Å². The third-order valence-corrected chi connectivity index (χ3v) is 6.08. The number of carbonyl (C=O) groups excluding carboxylic acids is 2. The van der Waals surface area contributed by atoms with Crippen LogP contribution < -0.4 is 15.0 Å². The van der Waals surface area contributed by atoms with E-state index in [2.05, 4.69) is 22.3 Å². The zero-order chi connectivity index (χ0) is 23.0. The van der Waals surface area contributed by atoms with Crippen LogP contribution in [0.25, 0.3) is 0 Å². The molecule has 3 aromatic rings. The maximum atomic E-state index is 12.9. The summed E-state index contributed by atoms with van der Waals surface area (Å²) in [4.78, 5) is 26.6. The standard InChI is InChI=1S/C28H30N2O3/c1-21(31)33-26-18-10-17-25(19-26)30(24-15-6-3-7-16-24)27(22-11-4-2-5-12-22)20-29-28(32)23-13-8-9-14-23/h2-7,10-12,15-19,23,27H,8-9,13-14,20H2,1H3,(H,29,32). The van der Waals surface area contributed by atoms with E-state index in [0.29, 0.717) is 12.3 Å². The first-order chi connectivity index (χ1) is 16.1. The second-order valence-corrected chi connectivity index (χ2v) is 8.45. The first-order valence-corrected chi connectivity index (χ1v) is 11.6. The summed E-state index contributed by atoms with van der Waals surface area (Å²) >= 11 is 0. The van der Waals surface area contributed by atoms with Crippen LogP contribution >= 0.6 is 0 Å². The molecule has 5 heteroatoms. The number of hydrogen-bond donors (Lipinski definition) is 1. The van der Waals surface area contributed by atoms with Crippen molar-refractivity contribution in [1.82, 2.24) is 5.32 Å². The van der Waals surface area contributed by atoms with Crippen molar-refractivity contribution >= 4 is 23.3 Å². The highest BCUT2D eigenvalue weighted by atomic mass is 16.5. The van der Waals surface area contributed by atoms with E-state index in [1.165, 1.54) is 6.92 Å². The molecular weight excluding hydrogens is 412 g/mol. The number of amides is 1. The van der Waals surface area contributed by atoms with E-state index < -0.39 is 0 Å². The number of para-hydroxylation sites is 1. The molecule has 0 saturated heterocycles. The Hall–Kier alpha value is -3.60. The topological polar surface area (TPSA) is 58.6 Å². The second kappa shape index (κ2) is 10.8. The van der Waals surface area contributed by atoms with E-state index in [4.69, 9.17) is 4.74 Å². The SMILES string of the molecule is CC(=O)Oc1cccc(N(c2ccccc2)C(CNC(=O)C2CCCC2)c2ccccc2)c1. The van der Waals surface area contributed by atoms with Gasteiger partial charge in [0.2, 0.25) is 5.91 Å². The minimum Gasteiger partial charge on any atom is -0.427 e. The molecular formula is C28H30N2O3. The van der Waals surface area contributed by atoms with Crippen molar-refractivity contribution < 1.29 is 14.3 Å². The Morgan fingerprint density at radius 3 is 2.21 bits per heavy atom. The highest BCUT2D eigenvalue weighted by Gasteiger charge is 2.27. The summed E-state index contributed by atoms with van der Waals surface area (Å²) in [6.07, 6.45) is 4.18. The molecule has 0 heterocycles. The van der Waals surface area contributed by atoms with Crippen LogP contribution in [0.1, 0.15) is 44.2 Å². The van der Waals surface area contributed by atoms with Crippen LogP contribution in [0.15, 0.2) is 84.9 Å². The van der Waals surface area contributed by atoms with Gasteiger partial charge in [0.05, 0.1) is 6.04 Å². The van der Waals surface area contributed by atoms with Crippen molar-refractivity contribution in [3.8, 4) is 5.75 Å². The molecule has 170 valence electrons. The summed E-state index contributed by atoms with van der Waals surface area (Å²) in [6.45, 7) is 1.86. The normalized spacial score (nSPS) is 14.5. The average molecular weight is 443 g/mol. The van der Waals surface area contributed by atoms with E-state index in [-0.39, 0.29) is 23.8 Å². The highest BCUT2D eigenvalue weighted by Crippen LogP contribution is 2.36. The first-order valence-electron chi connectivity index (χ1n) is 11.6. The molecule has 0 aromatic heterocycles. The molecule has 0 bridgehead atoms. The molecule has 3 aromatic carbocycles. The van der Waals surface area contributed by atoms with Crippen LogP contribution in [-0.4, -0.2) is 18.4 Å². The Balaban J connectivity index is 1.72. The van der Waals surface area contributed by atoms with Gasteiger partial charge in [0.1, 0.15) is 5.75 Å². The van der Waals surface area contributed by atoms with E-state index in [1.54, 1.807) is 6.07 Å². The van der Waals surface area contributed by atoms with Crippen LogP contribution in [0.5, 0.6) is 5.75 Å². The monoisotopic (exact) mass is 442 g/mol. The summed E-state index contributed by atoms with van der Waals surface area (Å²) in [5.41, 5.74) is 2.95. The number of nitrogens with zero attached hydrogens (tertiary/aromatic N) is 1. The van der Waals surface area contributed by atoms with Gasteiger partial charge >= 0.3 is 5.97 Å². The molecule has 1 aliphatic carbocycles. The zero-order valence-electron chi connectivity index (χ0n) is 18.9. The molecule has 0 aliphatic heterocycles. The number of benzene rings is 3. The van der Waals surface area contributed by atoms with Crippen molar-refractivity contribution in [3.63, 3.8) is 0 Å². The summed E-state index contributed by atoms with van der Waals surface area (Å²) in [5, 5.41) is 3.22.